The minimum atomic E-state index is -0.328. The minimum absolute atomic E-state index is 0.234. The van der Waals surface area contributed by atoms with Crippen molar-refractivity contribution in [2.24, 2.45) is 0 Å². The third-order valence-corrected chi connectivity index (χ3v) is 6.54. The van der Waals surface area contributed by atoms with Crippen LogP contribution in [0.25, 0.3) is 6.08 Å². The zero-order valence-corrected chi connectivity index (χ0v) is 20.7. The molecule has 0 radical (unpaired) electrons. The van der Waals surface area contributed by atoms with Gasteiger partial charge in [0.15, 0.2) is 11.5 Å². The largest absolute Gasteiger partial charge is 0.493 e. The predicted octanol–water partition coefficient (Wildman–Crippen LogP) is 6.78. The lowest BCUT2D eigenvalue weighted by Crippen LogP contribution is -2.27. The van der Waals surface area contributed by atoms with Crippen molar-refractivity contribution in [3.63, 3.8) is 0 Å². The fourth-order valence-corrected chi connectivity index (χ4v) is 4.70. The number of methoxy groups -OCH3 is 1. The quantitative estimate of drug-likeness (QED) is 0.339. The van der Waals surface area contributed by atoms with Crippen LogP contribution in [0.15, 0.2) is 65.6 Å². The van der Waals surface area contributed by atoms with E-state index in [1.807, 2.05) is 62.4 Å². The van der Waals surface area contributed by atoms with Crippen LogP contribution in [0.3, 0.4) is 0 Å². The highest BCUT2D eigenvalue weighted by atomic mass is 35.5. The van der Waals surface area contributed by atoms with Crippen molar-refractivity contribution in [2.75, 3.05) is 7.11 Å². The first-order valence-corrected chi connectivity index (χ1v) is 11.9. The molecule has 0 aromatic heterocycles. The summed E-state index contributed by atoms with van der Waals surface area (Å²) in [6.45, 7) is 4.59. The number of benzene rings is 3. The average Bonchev–Trinajstić information content (AvgIpc) is 3.06. The number of ether oxygens (including phenoxy) is 2. The maximum atomic E-state index is 12.9. The maximum absolute atomic E-state index is 12.9. The summed E-state index contributed by atoms with van der Waals surface area (Å²) >= 11 is 7.42. The number of imide groups is 1. The van der Waals surface area contributed by atoms with Gasteiger partial charge < -0.3 is 9.47 Å². The number of thioether (sulfide) groups is 1. The Kier molecular flexibility index (Phi) is 7.29. The highest BCUT2D eigenvalue weighted by Crippen LogP contribution is 2.39. The van der Waals surface area contributed by atoms with Crippen LogP contribution in [-0.4, -0.2) is 23.2 Å². The third kappa shape index (κ3) is 5.46. The molecule has 1 aliphatic rings. The Morgan fingerprint density at radius 3 is 2.44 bits per heavy atom. The molecule has 34 heavy (non-hydrogen) atoms. The van der Waals surface area contributed by atoms with E-state index in [4.69, 9.17) is 21.1 Å². The summed E-state index contributed by atoms with van der Waals surface area (Å²) in [7, 11) is 1.53. The van der Waals surface area contributed by atoms with E-state index in [0.29, 0.717) is 33.6 Å². The summed E-state index contributed by atoms with van der Waals surface area (Å²) in [4.78, 5) is 27.0. The van der Waals surface area contributed by atoms with E-state index < -0.39 is 0 Å². The van der Waals surface area contributed by atoms with Gasteiger partial charge in [0.05, 0.1) is 23.6 Å². The Bertz CT molecular complexity index is 1270. The Labute approximate surface area is 208 Å². The summed E-state index contributed by atoms with van der Waals surface area (Å²) in [6.07, 6.45) is 1.65. The van der Waals surface area contributed by atoms with Crippen LogP contribution < -0.4 is 9.47 Å². The van der Waals surface area contributed by atoms with Gasteiger partial charge in [-0.25, -0.2) is 0 Å². The maximum Gasteiger partial charge on any atom is 0.293 e. The minimum Gasteiger partial charge on any atom is -0.493 e. The number of carbonyl (C=O) groups is 2. The average molecular weight is 494 g/mol. The molecule has 0 spiro atoms. The molecule has 0 aliphatic carbocycles. The standard InChI is InChI=1S/C27H24ClNO4S/c1-17-7-9-19(10-8-17)15-29-26(30)24(34-27(29)31)14-21-12-22(28)25(23(13-21)32-3)33-16-20-6-4-5-18(2)11-20/h4-14H,15-16H2,1-3H3/b24-14-. The molecule has 1 aliphatic heterocycles. The molecule has 0 N–H and O–H groups in total. The lowest BCUT2D eigenvalue weighted by atomic mass is 10.1. The molecule has 0 bridgehead atoms. The highest BCUT2D eigenvalue weighted by molar-refractivity contribution is 8.18. The van der Waals surface area contributed by atoms with Crippen molar-refractivity contribution < 1.29 is 19.1 Å². The first-order chi connectivity index (χ1) is 16.3. The van der Waals surface area contributed by atoms with Crippen molar-refractivity contribution in [1.82, 2.24) is 4.90 Å². The van der Waals surface area contributed by atoms with Gasteiger partial charge in [0.25, 0.3) is 11.1 Å². The Morgan fingerprint density at radius 1 is 0.971 bits per heavy atom. The molecule has 3 aromatic rings. The van der Waals surface area contributed by atoms with E-state index in [-0.39, 0.29) is 17.7 Å². The lowest BCUT2D eigenvalue weighted by molar-refractivity contribution is -0.123. The number of carbonyl (C=O) groups excluding carboxylic acids is 2. The number of amides is 2. The Hall–Kier alpha value is -3.22. The number of hydrogen-bond donors (Lipinski definition) is 0. The molecule has 1 heterocycles. The van der Waals surface area contributed by atoms with Gasteiger partial charge in [0, 0.05) is 0 Å². The topological polar surface area (TPSA) is 55.8 Å². The van der Waals surface area contributed by atoms with Crippen molar-refractivity contribution in [1.29, 1.82) is 0 Å². The molecule has 4 rings (SSSR count). The highest BCUT2D eigenvalue weighted by Gasteiger charge is 2.35. The molecular weight excluding hydrogens is 470 g/mol. The van der Waals surface area contributed by atoms with Crippen LogP contribution in [-0.2, 0) is 17.9 Å². The summed E-state index contributed by atoms with van der Waals surface area (Å²) in [6, 6.07) is 19.2. The predicted molar refractivity (Wildman–Crippen MR) is 136 cm³/mol. The molecular formula is C27H24ClNO4S. The molecule has 5 nitrogen and oxygen atoms in total. The molecule has 7 heteroatoms. The van der Waals surface area contributed by atoms with Gasteiger partial charge in [0.1, 0.15) is 6.61 Å². The smallest absolute Gasteiger partial charge is 0.293 e. The summed E-state index contributed by atoms with van der Waals surface area (Å²) < 4.78 is 11.4. The molecule has 174 valence electrons. The van der Waals surface area contributed by atoms with Gasteiger partial charge in [-0.1, -0.05) is 71.3 Å². The van der Waals surface area contributed by atoms with E-state index in [9.17, 15) is 9.59 Å². The Balaban J connectivity index is 1.53. The molecule has 3 aromatic carbocycles. The summed E-state index contributed by atoms with van der Waals surface area (Å²) in [5.74, 6) is 0.547. The molecule has 2 amide bonds. The normalized spacial score (nSPS) is 14.7. The van der Waals surface area contributed by atoms with E-state index in [0.717, 1.165) is 34.0 Å². The van der Waals surface area contributed by atoms with Crippen LogP contribution in [0.1, 0.15) is 27.8 Å². The number of rotatable bonds is 7. The van der Waals surface area contributed by atoms with Crippen LogP contribution in [0.5, 0.6) is 11.5 Å². The molecule has 0 saturated carbocycles. The van der Waals surface area contributed by atoms with Gasteiger partial charge in [-0.3, -0.25) is 14.5 Å². The molecule has 0 unspecified atom stereocenters. The van der Waals surface area contributed by atoms with E-state index >= 15 is 0 Å². The van der Waals surface area contributed by atoms with Crippen LogP contribution >= 0.6 is 23.4 Å². The van der Waals surface area contributed by atoms with Crippen LogP contribution in [0, 0.1) is 13.8 Å². The van der Waals surface area contributed by atoms with Gasteiger partial charge in [-0.15, -0.1) is 0 Å². The molecule has 1 fully saturated rings. The van der Waals surface area contributed by atoms with Gasteiger partial charge in [-0.2, -0.15) is 0 Å². The number of halogens is 1. The fraction of sp³-hybridized carbons (Fsp3) is 0.185. The van der Waals surface area contributed by atoms with Crippen molar-refractivity contribution in [3.8, 4) is 11.5 Å². The summed E-state index contributed by atoms with van der Waals surface area (Å²) in [5, 5.41) is 0.0603. The monoisotopic (exact) mass is 493 g/mol. The second-order valence-corrected chi connectivity index (χ2v) is 9.47. The summed E-state index contributed by atoms with van der Waals surface area (Å²) in [5.41, 5.74) is 4.82. The van der Waals surface area contributed by atoms with Crippen molar-refractivity contribution >= 4 is 40.6 Å². The number of aryl methyl sites for hydroxylation is 2. The third-order valence-electron chi connectivity index (χ3n) is 5.35. The van der Waals surface area contributed by atoms with Crippen LogP contribution in [0.2, 0.25) is 5.02 Å². The van der Waals surface area contributed by atoms with Gasteiger partial charge >= 0.3 is 0 Å². The molecule has 0 atom stereocenters. The second kappa shape index (κ2) is 10.4. The number of hydrogen-bond acceptors (Lipinski definition) is 5. The zero-order chi connectivity index (χ0) is 24.2. The van der Waals surface area contributed by atoms with Crippen molar-refractivity contribution in [2.45, 2.75) is 27.0 Å². The first kappa shape index (κ1) is 23.9. The number of nitrogens with zero attached hydrogens (tertiary/aromatic N) is 1. The van der Waals surface area contributed by atoms with E-state index in [1.165, 1.54) is 12.0 Å². The second-order valence-electron chi connectivity index (χ2n) is 8.07. The van der Waals surface area contributed by atoms with Gasteiger partial charge in [0.2, 0.25) is 0 Å². The lowest BCUT2D eigenvalue weighted by Gasteiger charge is -2.14. The van der Waals surface area contributed by atoms with Crippen LogP contribution in [0.4, 0.5) is 4.79 Å². The van der Waals surface area contributed by atoms with Crippen molar-refractivity contribution in [3.05, 3.63) is 98.4 Å². The SMILES string of the molecule is COc1cc(/C=C2\SC(=O)N(Cc3ccc(C)cc3)C2=O)cc(Cl)c1OCc1cccc(C)c1. The van der Waals surface area contributed by atoms with E-state index in [1.54, 1.807) is 18.2 Å². The fourth-order valence-electron chi connectivity index (χ4n) is 3.58. The van der Waals surface area contributed by atoms with Gasteiger partial charge in [-0.05, 0) is 60.5 Å². The van der Waals surface area contributed by atoms with E-state index in [2.05, 4.69) is 0 Å². The Morgan fingerprint density at radius 2 is 1.74 bits per heavy atom. The molecule has 1 saturated heterocycles. The first-order valence-electron chi connectivity index (χ1n) is 10.7. The zero-order valence-electron chi connectivity index (χ0n) is 19.1.